The highest BCUT2D eigenvalue weighted by molar-refractivity contribution is 5.82. The first-order chi connectivity index (χ1) is 8.13. The highest BCUT2D eigenvalue weighted by Crippen LogP contribution is 2.20. The van der Waals surface area contributed by atoms with E-state index in [1.54, 1.807) is 0 Å². The Bertz CT molecular complexity index is 278. The third-order valence-electron chi connectivity index (χ3n) is 3.43. The lowest BCUT2D eigenvalue weighted by atomic mass is 9.92. The number of nitrogens with zero attached hydrogens (tertiary/aromatic N) is 1. The van der Waals surface area contributed by atoms with Gasteiger partial charge in [-0.05, 0) is 19.8 Å². The fourth-order valence-electron chi connectivity index (χ4n) is 2.39. The minimum absolute atomic E-state index is 0.0900. The summed E-state index contributed by atoms with van der Waals surface area (Å²) in [4.78, 5) is 25.5. The molecule has 1 saturated heterocycles. The van der Waals surface area contributed by atoms with E-state index in [2.05, 4.69) is 4.90 Å². The van der Waals surface area contributed by atoms with Crippen LogP contribution in [0.5, 0.6) is 0 Å². The molecule has 0 spiro atoms. The van der Waals surface area contributed by atoms with Gasteiger partial charge in [0.05, 0.1) is 6.61 Å². The molecule has 4 nitrogen and oxygen atoms in total. The molecule has 0 bridgehead atoms. The molecule has 1 heterocycles. The molecule has 1 rings (SSSR count). The molecule has 2 atom stereocenters. The number of rotatable bonds is 5. The molecule has 1 aliphatic heterocycles. The van der Waals surface area contributed by atoms with Crippen LogP contribution in [0.15, 0.2) is 0 Å². The predicted molar refractivity (Wildman–Crippen MR) is 65.7 cm³/mol. The van der Waals surface area contributed by atoms with Gasteiger partial charge in [-0.15, -0.1) is 0 Å². The lowest BCUT2D eigenvalue weighted by molar-refractivity contribution is -0.151. The maximum atomic E-state index is 11.8. The van der Waals surface area contributed by atoms with Gasteiger partial charge in [-0.1, -0.05) is 13.8 Å². The first kappa shape index (κ1) is 14.2. The molecule has 0 saturated carbocycles. The number of likely N-dealkylation sites (tertiary alicyclic amines) is 1. The zero-order valence-electron chi connectivity index (χ0n) is 11.1. The Morgan fingerprint density at radius 2 is 2.18 bits per heavy atom. The van der Waals surface area contributed by atoms with Gasteiger partial charge in [0.25, 0.3) is 0 Å². The van der Waals surface area contributed by atoms with Gasteiger partial charge in [-0.3, -0.25) is 14.5 Å². The second-order valence-corrected chi connectivity index (χ2v) is 4.49. The zero-order chi connectivity index (χ0) is 12.8. The maximum absolute atomic E-state index is 11.8. The van der Waals surface area contributed by atoms with Crippen LogP contribution in [-0.2, 0) is 14.3 Å². The molecule has 0 aliphatic carbocycles. The molecular weight excluding hydrogens is 218 g/mol. The number of piperidine rings is 1. The number of esters is 1. The summed E-state index contributed by atoms with van der Waals surface area (Å²) < 4.78 is 5.08. The van der Waals surface area contributed by atoms with Crippen molar-refractivity contribution in [2.45, 2.75) is 46.1 Å². The van der Waals surface area contributed by atoms with Gasteiger partial charge in [-0.25, -0.2) is 0 Å². The van der Waals surface area contributed by atoms with Crippen LogP contribution < -0.4 is 0 Å². The summed E-state index contributed by atoms with van der Waals surface area (Å²) in [6.45, 7) is 7.63. The van der Waals surface area contributed by atoms with Gasteiger partial charge in [0.15, 0.2) is 0 Å². The number of Topliss-reactive ketones (excluding diaryl/α,β-unsaturated/α-hetero) is 1. The van der Waals surface area contributed by atoms with Gasteiger partial charge in [0.1, 0.15) is 11.8 Å². The van der Waals surface area contributed by atoms with E-state index in [9.17, 15) is 9.59 Å². The number of carbonyl (C=O) groups is 2. The van der Waals surface area contributed by atoms with Gasteiger partial charge in [0, 0.05) is 25.4 Å². The molecule has 0 aromatic heterocycles. The maximum Gasteiger partial charge on any atom is 0.323 e. The van der Waals surface area contributed by atoms with Crippen molar-refractivity contribution in [2.24, 2.45) is 5.92 Å². The van der Waals surface area contributed by atoms with E-state index in [1.807, 2.05) is 20.8 Å². The first-order valence-electron chi connectivity index (χ1n) is 6.57. The Hall–Kier alpha value is -0.900. The Kier molecular flexibility index (Phi) is 5.62. The minimum atomic E-state index is -0.183. The number of ketones is 1. The molecule has 1 aliphatic rings. The smallest absolute Gasteiger partial charge is 0.323 e. The van der Waals surface area contributed by atoms with E-state index in [1.165, 1.54) is 0 Å². The van der Waals surface area contributed by atoms with Crippen molar-refractivity contribution in [3.63, 3.8) is 0 Å². The number of ether oxygens (including phenoxy) is 1. The topological polar surface area (TPSA) is 46.6 Å². The van der Waals surface area contributed by atoms with Gasteiger partial charge in [0.2, 0.25) is 0 Å². The van der Waals surface area contributed by atoms with Crippen LogP contribution in [-0.4, -0.2) is 42.4 Å². The average Bonchev–Trinajstić information content (AvgIpc) is 2.32. The van der Waals surface area contributed by atoms with Crippen molar-refractivity contribution in [3.8, 4) is 0 Å². The van der Waals surface area contributed by atoms with E-state index in [-0.39, 0.29) is 17.9 Å². The summed E-state index contributed by atoms with van der Waals surface area (Å²) in [5.74, 6) is 0.272. The Labute approximate surface area is 103 Å². The van der Waals surface area contributed by atoms with Gasteiger partial charge < -0.3 is 4.74 Å². The van der Waals surface area contributed by atoms with Crippen LogP contribution in [0.4, 0.5) is 0 Å². The molecule has 98 valence electrons. The molecule has 0 N–H and O–H groups in total. The van der Waals surface area contributed by atoms with Crippen molar-refractivity contribution in [3.05, 3.63) is 0 Å². The molecule has 2 unspecified atom stereocenters. The summed E-state index contributed by atoms with van der Waals surface area (Å²) >= 11 is 0. The zero-order valence-corrected chi connectivity index (χ0v) is 11.1. The lowest BCUT2D eigenvalue weighted by Gasteiger charge is -2.35. The quantitative estimate of drug-likeness (QED) is 0.686. The van der Waals surface area contributed by atoms with Crippen LogP contribution in [0.3, 0.4) is 0 Å². The van der Waals surface area contributed by atoms with Gasteiger partial charge in [-0.2, -0.15) is 0 Å². The minimum Gasteiger partial charge on any atom is -0.465 e. The van der Waals surface area contributed by atoms with Crippen LogP contribution in [0.25, 0.3) is 0 Å². The Balaban J connectivity index is 2.63. The molecule has 1 fully saturated rings. The summed E-state index contributed by atoms with van der Waals surface area (Å²) in [5.41, 5.74) is 0. The summed E-state index contributed by atoms with van der Waals surface area (Å²) in [6, 6.07) is -0.183. The van der Waals surface area contributed by atoms with Crippen LogP contribution >= 0.6 is 0 Å². The van der Waals surface area contributed by atoms with E-state index in [0.717, 1.165) is 12.8 Å². The Morgan fingerprint density at radius 1 is 1.47 bits per heavy atom. The van der Waals surface area contributed by atoms with Crippen molar-refractivity contribution in [1.82, 2.24) is 4.90 Å². The molecule has 0 aromatic rings. The van der Waals surface area contributed by atoms with E-state index >= 15 is 0 Å². The van der Waals surface area contributed by atoms with Crippen molar-refractivity contribution >= 4 is 11.8 Å². The van der Waals surface area contributed by atoms with E-state index in [0.29, 0.717) is 31.9 Å². The number of hydrogen-bond donors (Lipinski definition) is 0. The standard InChI is InChI=1S/C13H23NO3/c1-4-10-9-14(8-7-12(10)15)11(5-2)13(16)17-6-3/h10-11H,4-9H2,1-3H3. The third kappa shape index (κ3) is 3.53. The van der Waals surface area contributed by atoms with E-state index in [4.69, 9.17) is 4.74 Å². The fraction of sp³-hybridized carbons (Fsp3) is 0.846. The molecule has 17 heavy (non-hydrogen) atoms. The van der Waals surface area contributed by atoms with Gasteiger partial charge >= 0.3 is 5.97 Å². The average molecular weight is 241 g/mol. The summed E-state index contributed by atoms with van der Waals surface area (Å²) in [6.07, 6.45) is 2.16. The van der Waals surface area contributed by atoms with Crippen molar-refractivity contribution in [1.29, 1.82) is 0 Å². The number of hydrogen-bond acceptors (Lipinski definition) is 4. The highest BCUT2D eigenvalue weighted by Gasteiger charge is 2.33. The predicted octanol–water partition coefficient (Wildman–Crippen LogP) is 1.63. The summed E-state index contributed by atoms with van der Waals surface area (Å²) in [5, 5.41) is 0. The van der Waals surface area contributed by atoms with Crippen LogP contribution in [0, 0.1) is 5.92 Å². The molecular formula is C13H23NO3. The first-order valence-corrected chi connectivity index (χ1v) is 6.57. The highest BCUT2D eigenvalue weighted by atomic mass is 16.5. The Morgan fingerprint density at radius 3 is 2.71 bits per heavy atom. The third-order valence-corrected chi connectivity index (χ3v) is 3.43. The summed E-state index contributed by atoms with van der Waals surface area (Å²) in [7, 11) is 0. The number of carbonyl (C=O) groups excluding carboxylic acids is 2. The second kappa shape index (κ2) is 6.74. The van der Waals surface area contributed by atoms with E-state index < -0.39 is 0 Å². The monoisotopic (exact) mass is 241 g/mol. The largest absolute Gasteiger partial charge is 0.465 e. The fourth-order valence-corrected chi connectivity index (χ4v) is 2.39. The molecule has 0 aromatic carbocycles. The van der Waals surface area contributed by atoms with Crippen molar-refractivity contribution < 1.29 is 14.3 Å². The van der Waals surface area contributed by atoms with Crippen LogP contribution in [0.2, 0.25) is 0 Å². The SMILES string of the molecule is CCOC(=O)C(CC)N1CCC(=O)C(CC)C1. The molecule has 4 heteroatoms. The lowest BCUT2D eigenvalue weighted by Crippen LogP contribution is -2.49. The second-order valence-electron chi connectivity index (χ2n) is 4.49. The molecule has 0 radical (unpaired) electrons. The van der Waals surface area contributed by atoms with Crippen LogP contribution in [0.1, 0.15) is 40.0 Å². The molecule has 0 amide bonds. The normalized spacial score (nSPS) is 23.5. The van der Waals surface area contributed by atoms with Crippen molar-refractivity contribution in [2.75, 3.05) is 19.7 Å².